The lowest BCUT2D eigenvalue weighted by Crippen LogP contribution is -2.35. The van der Waals surface area contributed by atoms with Crippen LogP contribution in [-0.2, 0) is 4.79 Å². The third-order valence-electron chi connectivity index (χ3n) is 2.12. The van der Waals surface area contributed by atoms with Crippen molar-refractivity contribution in [3.05, 3.63) is 36.9 Å². The Morgan fingerprint density at radius 3 is 2.94 bits per heavy atom. The summed E-state index contributed by atoms with van der Waals surface area (Å²) in [7, 11) is 1.55. The van der Waals surface area contributed by atoms with Crippen molar-refractivity contribution in [2.45, 2.75) is 12.5 Å². The van der Waals surface area contributed by atoms with Gasteiger partial charge in [0.2, 0.25) is 5.91 Å². The number of ether oxygens (including phenoxy) is 1. The summed E-state index contributed by atoms with van der Waals surface area (Å²) in [4.78, 5) is 11.6. The number of methoxy groups -OCH3 is 1. The minimum Gasteiger partial charge on any atom is -0.495 e. The van der Waals surface area contributed by atoms with Crippen molar-refractivity contribution >= 4 is 11.6 Å². The maximum Gasteiger partial charge on any atom is 0.241 e. The average molecular weight is 220 g/mol. The van der Waals surface area contributed by atoms with E-state index in [1.165, 1.54) is 0 Å². The van der Waals surface area contributed by atoms with E-state index in [2.05, 4.69) is 11.9 Å². The Labute approximate surface area is 95.1 Å². The molecule has 1 unspecified atom stereocenters. The molecule has 1 rings (SSSR count). The third-order valence-corrected chi connectivity index (χ3v) is 2.12. The number of hydrogen-bond donors (Lipinski definition) is 2. The summed E-state index contributed by atoms with van der Waals surface area (Å²) in [5.41, 5.74) is 6.26. The van der Waals surface area contributed by atoms with Crippen molar-refractivity contribution in [2.24, 2.45) is 5.73 Å². The third kappa shape index (κ3) is 3.10. The van der Waals surface area contributed by atoms with Crippen LogP contribution in [0.15, 0.2) is 36.9 Å². The highest BCUT2D eigenvalue weighted by atomic mass is 16.5. The topological polar surface area (TPSA) is 64.4 Å². The minimum absolute atomic E-state index is 0.246. The molecule has 0 aromatic heterocycles. The number of benzene rings is 1. The number of carbonyl (C=O) groups is 1. The van der Waals surface area contributed by atoms with E-state index < -0.39 is 6.04 Å². The number of amides is 1. The van der Waals surface area contributed by atoms with Gasteiger partial charge in [-0.05, 0) is 18.6 Å². The van der Waals surface area contributed by atoms with Crippen molar-refractivity contribution in [1.29, 1.82) is 0 Å². The maximum atomic E-state index is 11.6. The number of para-hydroxylation sites is 2. The van der Waals surface area contributed by atoms with Crippen LogP contribution in [0.25, 0.3) is 0 Å². The molecular formula is C12H16N2O2. The Hall–Kier alpha value is -1.81. The summed E-state index contributed by atoms with van der Waals surface area (Å²) in [6.45, 7) is 3.54. The number of nitrogens with one attached hydrogen (secondary N) is 1. The number of hydrogen-bond acceptors (Lipinski definition) is 3. The first-order chi connectivity index (χ1) is 7.69. The maximum absolute atomic E-state index is 11.6. The van der Waals surface area contributed by atoms with Gasteiger partial charge in [0.15, 0.2) is 0 Å². The fourth-order valence-corrected chi connectivity index (χ4v) is 1.26. The number of nitrogens with two attached hydrogens (primary N) is 1. The highest BCUT2D eigenvalue weighted by Crippen LogP contribution is 2.22. The Morgan fingerprint density at radius 1 is 1.62 bits per heavy atom. The first kappa shape index (κ1) is 12.3. The van der Waals surface area contributed by atoms with Crippen molar-refractivity contribution in [3.8, 4) is 5.75 Å². The molecule has 86 valence electrons. The second kappa shape index (κ2) is 5.92. The van der Waals surface area contributed by atoms with Gasteiger partial charge in [-0.25, -0.2) is 0 Å². The van der Waals surface area contributed by atoms with Crippen molar-refractivity contribution < 1.29 is 9.53 Å². The van der Waals surface area contributed by atoms with E-state index in [0.29, 0.717) is 17.9 Å². The second-order valence-corrected chi connectivity index (χ2v) is 3.32. The largest absolute Gasteiger partial charge is 0.495 e. The highest BCUT2D eigenvalue weighted by molar-refractivity contribution is 5.96. The molecule has 4 heteroatoms. The van der Waals surface area contributed by atoms with Crippen molar-refractivity contribution in [2.75, 3.05) is 12.4 Å². The SMILES string of the molecule is C=CCC(N)C(=O)Nc1ccccc1OC. The van der Waals surface area contributed by atoms with E-state index in [1.807, 2.05) is 12.1 Å². The minimum atomic E-state index is -0.581. The van der Waals surface area contributed by atoms with Gasteiger partial charge < -0.3 is 15.8 Å². The smallest absolute Gasteiger partial charge is 0.241 e. The lowest BCUT2D eigenvalue weighted by Gasteiger charge is -2.12. The number of rotatable bonds is 5. The lowest BCUT2D eigenvalue weighted by atomic mass is 10.2. The van der Waals surface area contributed by atoms with Gasteiger partial charge in [-0.15, -0.1) is 6.58 Å². The standard InChI is InChI=1S/C12H16N2O2/c1-3-6-9(13)12(15)14-10-7-4-5-8-11(10)16-2/h3-5,7-9H,1,6,13H2,2H3,(H,14,15). The zero-order chi connectivity index (χ0) is 12.0. The molecule has 1 aromatic rings. The Kier molecular flexibility index (Phi) is 4.54. The van der Waals surface area contributed by atoms with Gasteiger partial charge in [0.25, 0.3) is 0 Å². The van der Waals surface area contributed by atoms with Crippen LogP contribution in [0.4, 0.5) is 5.69 Å². The zero-order valence-electron chi connectivity index (χ0n) is 9.27. The van der Waals surface area contributed by atoms with E-state index in [0.717, 1.165) is 0 Å². The summed E-state index contributed by atoms with van der Waals surface area (Å²) in [5.74, 6) is 0.367. The Morgan fingerprint density at radius 2 is 2.31 bits per heavy atom. The van der Waals surface area contributed by atoms with Crippen LogP contribution in [0.1, 0.15) is 6.42 Å². The molecule has 0 saturated carbocycles. The zero-order valence-corrected chi connectivity index (χ0v) is 9.27. The van der Waals surface area contributed by atoms with E-state index in [-0.39, 0.29) is 5.91 Å². The van der Waals surface area contributed by atoms with Gasteiger partial charge in [0, 0.05) is 0 Å². The molecule has 1 amide bonds. The molecule has 0 saturated heterocycles. The highest BCUT2D eigenvalue weighted by Gasteiger charge is 2.13. The molecule has 1 aromatic carbocycles. The first-order valence-corrected chi connectivity index (χ1v) is 4.99. The quantitative estimate of drug-likeness (QED) is 0.740. The first-order valence-electron chi connectivity index (χ1n) is 4.99. The van der Waals surface area contributed by atoms with Gasteiger partial charge >= 0.3 is 0 Å². The molecule has 0 bridgehead atoms. The number of carbonyl (C=O) groups excluding carboxylic acids is 1. The molecule has 0 fully saturated rings. The normalized spacial score (nSPS) is 11.6. The van der Waals surface area contributed by atoms with E-state index >= 15 is 0 Å². The molecule has 0 aliphatic heterocycles. The summed E-state index contributed by atoms with van der Waals surface area (Å²) >= 11 is 0. The molecule has 16 heavy (non-hydrogen) atoms. The Balaban J connectivity index is 2.72. The number of anilines is 1. The fourth-order valence-electron chi connectivity index (χ4n) is 1.26. The second-order valence-electron chi connectivity index (χ2n) is 3.32. The van der Waals surface area contributed by atoms with E-state index in [1.54, 1.807) is 25.3 Å². The predicted octanol–water partition coefficient (Wildman–Crippen LogP) is 1.54. The summed E-state index contributed by atoms with van der Waals surface area (Å²) < 4.78 is 5.11. The van der Waals surface area contributed by atoms with Gasteiger partial charge in [-0.3, -0.25) is 4.79 Å². The molecule has 0 aliphatic rings. The van der Waals surface area contributed by atoms with Gasteiger partial charge in [0.05, 0.1) is 18.8 Å². The molecule has 1 atom stereocenters. The van der Waals surface area contributed by atoms with Crippen LogP contribution in [0.2, 0.25) is 0 Å². The molecular weight excluding hydrogens is 204 g/mol. The summed E-state index contributed by atoms with van der Waals surface area (Å²) in [5, 5.41) is 2.71. The molecule has 0 heterocycles. The van der Waals surface area contributed by atoms with E-state index in [4.69, 9.17) is 10.5 Å². The molecule has 0 radical (unpaired) electrons. The monoisotopic (exact) mass is 220 g/mol. The summed E-state index contributed by atoms with van der Waals surface area (Å²) in [6.07, 6.45) is 2.06. The molecule has 0 aliphatic carbocycles. The van der Waals surface area contributed by atoms with Crippen LogP contribution < -0.4 is 15.8 Å². The Bertz CT molecular complexity index is 377. The van der Waals surface area contributed by atoms with Crippen molar-refractivity contribution in [3.63, 3.8) is 0 Å². The van der Waals surface area contributed by atoms with Crippen molar-refractivity contribution in [1.82, 2.24) is 0 Å². The average Bonchev–Trinajstić information content (AvgIpc) is 2.30. The van der Waals surface area contributed by atoms with Crippen LogP contribution in [0, 0.1) is 0 Å². The van der Waals surface area contributed by atoms with Crippen LogP contribution in [-0.4, -0.2) is 19.1 Å². The van der Waals surface area contributed by atoms with Gasteiger partial charge in [-0.1, -0.05) is 18.2 Å². The lowest BCUT2D eigenvalue weighted by molar-refractivity contribution is -0.117. The molecule has 4 nitrogen and oxygen atoms in total. The van der Waals surface area contributed by atoms with E-state index in [9.17, 15) is 4.79 Å². The fraction of sp³-hybridized carbons (Fsp3) is 0.250. The van der Waals surface area contributed by atoms with Crippen LogP contribution in [0.5, 0.6) is 5.75 Å². The predicted molar refractivity (Wildman–Crippen MR) is 64.4 cm³/mol. The molecule has 3 N–H and O–H groups in total. The van der Waals surface area contributed by atoms with Gasteiger partial charge in [-0.2, -0.15) is 0 Å². The van der Waals surface area contributed by atoms with Gasteiger partial charge in [0.1, 0.15) is 5.75 Å². The molecule has 0 spiro atoms. The van der Waals surface area contributed by atoms with Crippen LogP contribution in [0.3, 0.4) is 0 Å². The summed E-state index contributed by atoms with van der Waals surface area (Å²) in [6, 6.07) is 6.60. The van der Waals surface area contributed by atoms with Crippen LogP contribution >= 0.6 is 0 Å².